The van der Waals surface area contributed by atoms with Gasteiger partial charge in [-0.25, -0.2) is 0 Å². The molecule has 1 rings (SSSR count). The van der Waals surface area contributed by atoms with E-state index in [1.807, 2.05) is 6.92 Å². The Morgan fingerprint density at radius 2 is 2.15 bits per heavy atom. The molecule has 0 aliphatic carbocycles. The van der Waals surface area contributed by atoms with Crippen molar-refractivity contribution in [1.29, 1.82) is 0 Å². The molecule has 1 aromatic carbocycles. The second kappa shape index (κ2) is 3.91. The molecular formula is C8H8INO3. The smallest absolute Gasteiger partial charge is 0.311 e. The molecule has 0 unspecified atom stereocenters. The normalized spacial score (nSPS) is 9.77. The van der Waals surface area contributed by atoms with Crippen molar-refractivity contribution >= 4 is 28.3 Å². The molecule has 13 heavy (non-hydrogen) atoms. The van der Waals surface area contributed by atoms with Gasteiger partial charge < -0.3 is 4.74 Å². The van der Waals surface area contributed by atoms with E-state index in [1.165, 1.54) is 13.2 Å². The van der Waals surface area contributed by atoms with Crippen LogP contribution in [0.1, 0.15) is 5.56 Å². The second-order valence-electron chi connectivity index (χ2n) is 2.53. The van der Waals surface area contributed by atoms with Crippen LogP contribution >= 0.6 is 22.6 Å². The van der Waals surface area contributed by atoms with Gasteiger partial charge in [0, 0.05) is 9.64 Å². The van der Waals surface area contributed by atoms with Crippen LogP contribution in [0.2, 0.25) is 0 Å². The minimum Gasteiger partial charge on any atom is -0.490 e. The number of rotatable bonds is 2. The first-order chi connectivity index (χ1) is 6.06. The SMILES string of the molecule is COc1cc(C)c(I)cc1[N+](=O)[O-]. The molecule has 1 aromatic rings. The first kappa shape index (κ1) is 10.2. The summed E-state index contributed by atoms with van der Waals surface area (Å²) < 4.78 is 5.76. The highest BCUT2D eigenvalue weighted by atomic mass is 127. The van der Waals surface area contributed by atoms with Crippen molar-refractivity contribution in [2.75, 3.05) is 7.11 Å². The van der Waals surface area contributed by atoms with Gasteiger partial charge in [-0.1, -0.05) is 0 Å². The number of nitro groups is 1. The van der Waals surface area contributed by atoms with Crippen molar-refractivity contribution in [2.45, 2.75) is 6.92 Å². The zero-order valence-electron chi connectivity index (χ0n) is 7.20. The van der Waals surface area contributed by atoms with E-state index in [2.05, 4.69) is 22.6 Å². The summed E-state index contributed by atoms with van der Waals surface area (Å²) in [6.07, 6.45) is 0. The number of ether oxygens (including phenoxy) is 1. The zero-order valence-corrected chi connectivity index (χ0v) is 9.36. The third-order valence-corrected chi connectivity index (χ3v) is 2.82. The fraction of sp³-hybridized carbons (Fsp3) is 0.250. The van der Waals surface area contributed by atoms with Gasteiger partial charge in [0.25, 0.3) is 0 Å². The Bertz CT molecular complexity index is 351. The van der Waals surface area contributed by atoms with Crippen LogP contribution in [-0.4, -0.2) is 12.0 Å². The molecule has 0 radical (unpaired) electrons. The highest BCUT2D eigenvalue weighted by molar-refractivity contribution is 14.1. The highest BCUT2D eigenvalue weighted by Crippen LogP contribution is 2.30. The lowest BCUT2D eigenvalue weighted by atomic mass is 10.2. The average molecular weight is 293 g/mol. The van der Waals surface area contributed by atoms with Gasteiger partial charge in [-0.3, -0.25) is 10.1 Å². The van der Waals surface area contributed by atoms with Crippen LogP contribution in [0.15, 0.2) is 12.1 Å². The van der Waals surface area contributed by atoms with Crippen molar-refractivity contribution in [1.82, 2.24) is 0 Å². The Morgan fingerprint density at radius 3 is 2.62 bits per heavy atom. The van der Waals surface area contributed by atoms with Crippen molar-refractivity contribution in [3.63, 3.8) is 0 Å². The largest absolute Gasteiger partial charge is 0.490 e. The predicted molar refractivity (Wildman–Crippen MR) is 57.1 cm³/mol. The third kappa shape index (κ3) is 2.09. The van der Waals surface area contributed by atoms with Gasteiger partial charge in [0.1, 0.15) is 0 Å². The number of benzene rings is 1. The summed E-state index contributed by atoms with van der Waals surface area (Å²) in [7, 11) is 1.43. The van der Waals surface area contributed by atoms with Crippen molar-refractivity contribution < 1.29 is 9.66 Å². The van der Waals surface area contributed by atoms with Crippen LogP contribution in [0.4, 0.5) is 5.69 Å². The number of hydrogen-bond donors (Lipinski definition) is 0. The molecule has 0 aliphatic rings. The lowest BCUT2D eigenvalue weighted by Gasteiger charge is -2.03. The second-order valence-corrected chi connectivity index (χ2v) is 3.69. The van der Waals surface area contributed by atoms with E-state index in [9.17, 15) is 10.1 Å². The standard InChI is InChI=1S/C8H8INO3/c1-5-3-8(13-2)7(10(11)12)4-6(5)9/h3-4H,1-2H3. The van der Waals surface area contributed by atoms with E-state index in [-0.39, 0.29) is 5.69 Å². The Labute approximate surface area is 89.2 Å². The van der Waals surface area contributed by atoms with Gasteiger partial charge >= 0.3 is 5.69 Å². The molecule has 0 spiro atoms. The molecule has 70 valence electrons. The summed E-state index contributed by atoms with van der Waals surface area (Å²) in [6.45, 7) is 1.88. The lowest BCUT2D eigenvalue weighted by Crippen LogP contribution is -1.95. The molecule has 0 aromatic heterocycles. The Hall–Kier alpha value is -0.850. The molecule has 4 nitrogen and oxygen atoms in total. The van der Waals surface area contributed by atoms with Gasteiger partial charge in [-0.2, -0.15) is 0 Å². The predicted octanol–water partition coefficient (Wildman–Crippen LogP) is 2.52. The number of halogens is 1. The van der Waals surface area contributed by atoms with Crippen LogP contribution in [0.5, 0.6) is 5.75 Å². The summed E-state index contributed by atoms with van der Waals surface area (Å²) in [5, 5.41) is 10.6. The number of hydrogen-bond acceptors (Lipinski definition) is 3. The van der Waals surface area contributed by atoms with E-state index >= 15 is 0 Å². The van der Waals surface area contributed by atoms with Gasteiger partial charge in [-0.05, 0) is 41.1 Å². The highest BCUT2D eigenvalue weighted by Gasteiger charge is 2.15. The molecule has 0 amide bonds. The number of nitrogens with zero attached hydrogens (tertiary/aromatic N) is 1. The summed E-state index contributed by atoms with van der Waals surface area (Å²) in [4.78, 5) is 10.1. The Morgan fingerprint density at radius 1 is 1.54 bits per heavy atom. The van der Waals surface area contributed by atoms with Crippen LogP contribution < -0.4 is 4.74 Å². The molecule has 0 atom stereocenters. The summed E-state index contributed by atoms with van der Waals surface area (Å²) >= 11 is 2.06. The fourth-order valence-electron chi connectivity index (χ4n) is 0.951. The number of methoxy groups -OCH3 is 1. The molecule has 0 bridgehead atoms. The first-order valence-corrected chi connectivity index (χ1v) is 4.62. The van der Waals surface area contributed by atoms with E-state index in [0.29, 0.717) is 5.75 Å². The molecule has 0 aliphatic heterocycles. The molecule has 0 fully saturated rings. The van der Waals surface area contributed by atoms with Crippen molar-refractivity contribution in [3.8, 4) is 5.75 Å². The first-order valence-electron chi connectivity index (χ1n) is 3.54. The number of aryl methyl sites for hydroxylation is 1. The van der Waals surface area contributed by atoms with Crippen LogP contribution in [0.3, 0.4) is 0 Å². The maximum absolute atomic E-state index is 10.6. The average Bonchev–Trinajstić information content (AvgIpc) is 2.08. The lowest BCUT2D eigenvalue weighted by molar-refractivity contribution is -0.385. The molecular weight excluding hydrogens is 285 g/mol. The Kier molecular flexibility index (Phi) is 3.07. The van der Waals surface area contributed by atoms with E-state index in [0.717, 1.165) is 9.13 Å². The zero-order chi connectivity index (χ0) is 10.0. The summed E-state index contributed by atoms with van der Waals surface area (Å²) in [5.41, 5.74) is 0.987. The Balaban J connectivity index is 3.33. The third-order valence-electron chi connectivity index (χ3n) is 1.66. The van der Waals surface area contributed by atoms with Gasteiger partial charge in [0.15, 0.2) is 5.75 Å². The quantitative estimate of drug-likeness (QED) is 0.478. The van der Waals surface area contributed by atoms with Crippen molar-refractivity contribution in [2.24, 2.45) is 0 Å². The molecule has 0 N–H and O–H groups in total. The molecule has 0 saturated heterocycles. The van der Waals surface area contributed by atoms with Crippen LogP contribution in [0.25, 0.3) is 0 Å². The summed E-state index contributed by atoms with van der Waals surface area (Å²) in [5.74, 6) is 0.308. The van der Waals surface area contributed by atoms with Gasteiger partial charge in [0.2, 0.25) is 0 Å². The molecule has 0 heterocycles. The van der Waals surface area contributed by atoms with E-state index in [1.54, 1.807) is 6.07 Å². The van der Waals surface area contributed by atoms with Gasteiger partial charge in [0.05, 0.1) is 12.0 Å². The molecule has 5 heteroatoms. The van der Waals surface area contributed by atoms with Crippen LogP contribution in [-0.2, 0) is 0 Å². The maximum atomic E-state index is 10.6. The summed E-state index contributed by atoms with van der Waals surface area (Å²) in [6, 6.07) is 3.18. The van der Waals surface area contributed by atoms with Gasteiger partial charge in [-0.15, -0.1) is 0 Å². The van der Waals surface area contributed by atoms with Crippen LogP contribution in [0, 0.1) is 20.6 Å². The maximum Gasteiger partial charge on any atom is 0.311 e. The topological polar surface area (TPSA) is 52.4 Å². The minimum absolute atomic E-state index is 0.0116. The minimum atomic E-state index is -0.444. The van der Waals surface area contributed by atoms with Crippen molar-refractivity contribution in [3.05, 3.63) is 31.4 Å². The van der Waals surface area contributed by atoms with E-state index in [4.69, 9.17) is 4.74 Å². The fourth-order valence-corrected chi connectivity index (χ4v) is 1.40. The molecule has 0 saturated carbocycles. The number of nitro benzene ring substituents is 1. The van der Waals surface area contributed by atoms with E-state index < -0.39 is 4.92 Å². The monoisotopic (exact) mass is 293 g/mol.